The topological polar surface area (TPSA) is 36.0 Å². The molecule has 226 valence electrons. The zero-order valence-electron chi connectivity index (χ0n) is 24.4. The van der Waals surface area contributed by atoms with Crippen molar-refractivity contribution in [1.29, 1.82) is 0 Å². The molecule has 2 aromatic rings. The number of unbranched alkanes of at least 4 members (excludes halogenated alkanes) is 6. The Balaban J connectivity index is 1.21. The lowest BCUT2D eigenvalue weighted by atomic mass is 10.1. The van der Waals surface area contributed by atoms with Crippen LogP contribution in [0.15, 0.2) is 52.3 Å². The third-order valence-corrected chi connectivity index (χ3v) is 9.15. The van der Waals surface area contributed by atoms with Crippen molar-refractivity contribution in [2.75, 3.05) is 44.2 Å². The molecule has 2 aliphatic rings. The second kappa shape index (κ2) is 15.3. The van der Waals surface area contributed by atoms with E-state index in [0.29, 0.717) is 18.7 Å². The van der Waals surface area contributed by atoms with Crippen molar-refractivity contribution in [2.24, 2.45) is 0 Å². The van der Waals surface area contributed by atoms with E-state index in [1.165, 1.54) is 56.0 Å². The number of piperazine rings is 1. The summed E-state index contributed by atoms with van der Waals surface area (Å²) in [4.78, 5) is 20.9. The molecule has 4 rings (SSSR count). The minimum absolute atomic E-state index is 0.109. The second-order valence-electron chi connectivity index (χ2n) is 11.1. The lowest BCUT2D eigenvalue weighted by Crippen LogP contribution is -2.50. The van der Waals surface area contributed by atoms with E-state index in [-0.39, 0.29) is 12.2 Å². The molecule has 1 unspecified atom stereocenters. The third kappa shape index (κ3) is 9.13. The Bertz CT molecular complexity index is 1120. The number of esters is 1. The van der Waals surface area contributed by atoms with E-state index < -0.39 is 11.7 Å². The predicted molar refractivity (Wildman–Crippen MR) is 160 cm³/mol. The number of alkyl halides is 3. The molecule has 0 aromatic heterocycles. The van der Waals surface area contributed by atoms with Crippen LogP contribution in [-0.2, 0) is 15.7 Å². The van der Waals surface area contributed by atoms with Crippen LogP contribution in [0.3, 0.4) is 0 Å². The first-order valence-electron chi connectivity index (χ1n) is 15.2. The Morgan fingerprint density at radius 1 is 0.878 bits per heavy atom. The number of carbonyl (C=O) groups excluding carboxylic acids is 1. The summed E-state index contributed by atoms with van der Waals surface area (Å²) in [5.74, 6) is -0.109. The molecule has 0 bridgehead atoms. The number of ether oxygens (including phenoxy) is 1. The number of benzene rings is 2. The molecule has 0 saturated carbocycles. The van der Waals surface area contributed by atoms with Gasteiger partial charge in [0.1, 0.15) is 0 Å². The average molecular weight is 592 g/mol. The van der Waals surface area contributed by atoms with Crippen LogP contribution in [0.1, 0.15) is 77.2 Å². The standard InChI is InChI=1S/C32H44F3N3O2S/c1-3-4-5-6-7-8-9-15-31(39)40-25(2)37-22-20-36(21-23-37)18-12-19-38-27-13-10-11-14-29(27)41-30-17-16-26(24-28(30)38)32(33,34)35/h10-11,13-14,16-17,24-25H,3-9,12,15,18-23H2,1-2H3. The summed E-state index contributed by atoms with van der Waals surface area (Å²) >= 11 is 1.52. The molecule has 9 heteroatoms. The van der Waals surface area contributed by atoms with E-state index in [0.717, 1.165) is 67.5 Å². The zero-order valence-corrected chi connectivity index (χ0v) is 25.2. The number of anilines is 2. The van der Waals surface area contributed by atoms with Gasteiger partial charge in [-0.3, -0.25) is 9.69 Å². The fourth-order valence-electron chi connectivity index (χ4n) is 5.60. The number of hydrogen-bond acceptors (Lipinski definition) is 6. The first-order chi connectivity index (χ1) is 19.8. The summed E-state index contributed by atoms with van der Waals surface area (Å²) in [7, 11) is 0. The van der Waals surface area contributed by atoms with Gasteiger partial charge in [0, 0.05) is 48.9 Å². The second-order valence-corrected chi connectivity index (χ2v) is 12.2. The van der Waals surface area contributed by atoms with E-state index in [4.69, 9.17) is 4.74 Å². The molecule has 0 N–H and O–H groups in total. The van der Waals surface area contributed by atoms with Gasteiger partial charge in [-0.05, 0) is 56.6 Å². The number of hydrogen-bond donors (Lipinski definition) is 0. The molecule has 41 heavy (non-hydrogen) atoms. The smallest absolute Gasteiger partial charge is 0.416 e. The number of rotatable bonds is 14. The predicted octanol–water partition coefficient (Wildman–Crippen LogP) is 8.35. The molecule has 1 atom stereocenters. The van der Waals surface area contributed by atoms with Gasteiger partial charge < -0.3 is 14.5 Å². The molecule has 0 spiro atoms. The quantitative estimate of drug-likeness (QED) is 0.162. The Hall–Kier alpha value is -2.23. The minimum atomic E-state index is -4.37. The Morgan fingerprint density at radius 2 is 1.56 bits per heavy atom. The summed E-state index contributed by atoms with van der Waals surface area (Å²) in [6.45, 7) is 9.07. The number of para-hydroxylation sites is 1. The molecule has 2 aliphatic heterocycles. The Morgan fingerprint density at radius 3 is 2.29 bits per heavy atom. The van der Waals surface area contributed by atoms with Crippen LogP contribution in [0, 0.1) is 0 Å². The van der Waals surface area contributed by atoms with Crippen molar-refractivity contribution in [3.05, 3.63) is 48.0 Å². The molecule has 2 heterocycles. The zero-order chi connectivity index (χ0) is 29.2. The highest BCUT2D eigenvalue weighted by Crippen LogP contribution is 2.49. The minimum Gasteiger partial charge on any atom is -0.447 e. The van der Waals surface area contributed by atoms with Crippen LogP contribution in [0.4, 0.5) is 24.5 Å². The van der Waals surface area contributed by atoms with Gasteiger partial charge in [0.05, 0.1) is 16.9 Å². The van der Waals surface area contributed by atoms with Gasteiger partial charge in [0.25, 0.3) is 0 Å². The molecular formula is C32H44F3N3O2S. The monoisotopic (exact) mass is 591 g/mol. The highest BCUT2D eigenvalue weighted by atomic mass is 32.2. The molecule has 2 aromatic carbocycles. The van der Waals surface area contributed by atoms with Crippen molar-refractivity contribution < 1.29 is 22.7 Å². The summed E-state index contributed by atoms with van der Waals surface area (Å²) in [6, 6.07) is 12.0. The van der Waals surface area contributed by atoms with Gasteiger partial charge in [0.2, 0.25) is 0 Å². The lowest BCUT2D eigenvalue weighted by molar-refractivity contribution is -0.159. The SMILES string of the molecule is CCCCCCCCCC(=O)OC(C)N1CCN(CCCN2c3ccccc3Sc3ccc(C(F)(F)F)cc32)CC1. The maximum Gasteiger partial charge on any atom is 0.416 e. The first-order valence-corrected chi connectivity index (χ1v) is 16.0. The van der Waals surface area contributed by atoms with Gasteiger partial charge in [-0.2, -0.15) is 13.2 Å². The Labute approximate surface area is 247 Å². The third-order valence-electron chi connectivity index (χ3n) is 8.02. The number of fused-ring (bicyclic) bond motifs is 2. The van der Waals surface area contributed by atoms with E-state index in [1.54, 1.807) is 6.07 Å². The molecule has 0 aliphatic carbocycles. The molecular weight excluding hydrogens is 547 g/mol. The summed E-state index contributed by atoms with van der Waals surface area (Å²) in [6.07, 6.45) is 4.96. The highest BCUT2D eigenvalue weighted by Gasteiger charge is 2.33. The van der Waals surface area contributed by atoms with Crippen LogP contribution in [0.2, 0.25) is 0 Å². The van der Waals surface area contributed by atoms with Gasteiger partial charge in [-0.1, -0.05) is 69.3 Å². The maximum atomic E-state index is 13.5. The lowest BCUT2D eigenvalue weighted by Gasteiger charge is -2.38. The molecule has 1 saturated heterocycles. The number of carbonyl (C=O) groups is 1. The largest absolute Gasteiger partial charge is 0.447 e. The average Bonchev–Trinajstić information content (AvgIpc) is 2.96. The maximum absolute atomic E-state index is 13.5. The first kappa shape index (κ1) is 31.7. The van der Waals surface area contributed by atoms with Crippen LogP contribution >= 0.6 is 11.8 Å². The molecule has 5 nitrogen and oxygen atoms in total. The van der Waals surface area contributed by atoms with E-state index in [2.05, 4.69) is 16.7 Å². The van der Waals surface area contributed by atoms with Crippen LogP contribution in [0.5, 0.6) is 0 Å². The normalized spacial score (nSPS) is 16.8. The molecule has 1 fully saturated rings. The van der Waals surface area contributed by atoms with Gasteiger partial charge in [0.15, 0.2) is 6.23 Å². The summed E-state index contributed by atoms with van der Waals surface area (Å²) in [5, 5.41) is 0. The van der Waals surface area contributed by atoms with E-state index in [1.807, 2.05) is 36.1 Å². The van der Waals surface area contributed by atoms with Crippen molar-refractivity contribution >= 4 is 29.1 Å². The van der Waals surface area contributed by atoms with Crippen molar-refractivity contribution in [3.63, 3.8) is 0 Å². The number of nitrogens with zero attached hydrogens (tertiary/aromatic N) is 3. The van der Waals surface area contributed by atoms with Gasteiger partial charge in [-0.25, -0.2) is 0 Å². The van der Waals surface area contributed by atoms with Crippen LogP contribution in [-0.4, -0.2) is 61.3 Å². The number of halogens is 3. The molecule has 0 amide bonds. The summed E-state index contributed by atoms with van der Waals surface area (Å²) in [5.41, 5.74) is 0.969. The van der Waals surface area contributed by atoms with Crippen LogP contribution in [0.25, 0.3) is 0 Å². The highest BCUT2D eigenvalue weighted by molar-refractivity contribution is 7.99. The van der Waals surface area contributed by atoms with Crippen molar-refractivity contribution in [3.8, 4) is 0 Å². The fraction of sp³-hybridized carbons (Fsp3) is 0.594. The van der Waals surface area contributed by atoms with E-state index >= 15 is 0 Å². The van der Waals surface area contributed by atoms with E-state index in [9.17, 15) is 18.0 Å². The van der Waals surface area contributed by atoms with Gasteiger partial charge >= 0.3 is 12.1 Å². The van der Waals surface area contributed by atoms with Crippen molar-refractivity contribution in [1.82, 2.24) is 9.80 Å². The molecule has 0 radical (unpaired) electrons. The van der Waals surface area contributed by atoms with Gasteiger partial charge in [-0.15, -0.1) is 0 Å². The summed E-state index contributed by atoms with van der Waals surface area (Å²) < 4.78 is 46.2. The van der Waals surface area contributed by atoms with Crippen molar-refractivity contribution in [2.45, 2.75) is 93.8 Å². The fourth-order valence-corrected chi connectivity index (χ4v) is 6.68. The van der Waals surface area contributed by atoms with Crippen LogP contribution < -0.4 is 4.90 Å². The Kier molecular flexibility index (Phi) is 11.8.